The quantitative estimate of drug-likeness (QED) is 0.289. The van der Waals surface area contributed by atoms with Crippen molar-refractivity contribution < 1.29 is 14.3 Å². The van der Waals surface area contributed by atoms with Gasteiger partial charge in [0.1, 0.15) is 12.1 Å². The molecule has 0 bridgehead atoms. The summed E-state index contributed by atoms with van der Waals surface area (Å²) in [6, 6.07) is 5.34. The van der Waals surface area contributed by atoms with Gasteiger partial charge in [-0.05, 0) is 26.0 Å². The number of rotatable bonds is 6. The number of hydrogen-bond donors (Lipinski definition) is 3. The maximum Gasteiger partial charge on any atom is 0.328 e. The molecular weight excluding hydrogens is 416 g/mol. The molecule has 0 saturated carbocycles. The maximum atomic E-state index is 12.1. The van der Waals surface area contributed by atoms with Gasteiger partial charge in [-0.2, -0.15) is 4.98 Å². The van der Waals surface area contributed by atoms with E-state index >= 15 is 0 Å². The summed E-state index contributed by atoms with van der Waals surface area (Å²) in [5.41, 5.74) is 7.86. The van der Waals surface area contributed by atoms with E-state index in [2.05, 4.69) is 41.3 Å². The smallest absolute Gasteiger partial charge is 0.328 e. The van der Waals surface area contributed by atoms with Crippen molar-refractivity contribution in [1.29, 1.82) is 0 Å². The Morgan fingerprint density at radius 3 is 2.72 bits per heavy atom. The lowest BCUT2D eigenvalue weighted by Crippen LogP contribution is -2.39. The van der Waals surface area contributed by atoms with Crippen LogP contribution in [0.4, 0.5) is 11.9 Å². The second-order valence-electron chi connectivity index (χ2n) is 6.78. The minimum absolute atomic E-state index is 0.0206. The molecule has 0 fully saturated rings. The average molecular weight is 436 g/mol. The van der Waals surface area contributed by atoms with E-state index in [1.54, 1.807) is 37.7 Å². The molecule has 13 nitrogen and oxygen atoms in total. The zero-order valence-corrected chi connectivity index (χ0v) is 17.5. The second kappa shape index (κ2) is 8.67. The molecule has 32 heavy (non-hydrogen) atoms. The third-order valence-electron chi connectivity index (χ3n) is 4.56. The van der Waals surface area contributed by atoms with Crippen molar-refractivity contribution in [1.82, 2.24) is 39.8 Å². The lowest BCUT2D eigenvalue weighted by molar-refractivity contribution is -0.135. The van der Waals surface area contributed by atoms with E-state index in [1.807, 2.05) is 13.8 Å². The van der Waals surface area contributed by atoms with Crippen LogP contribution in [0.15, 0.2) is 36.9 Å². The first-order chi connectivity index (χ1) is 15.4. The third kappa shape index (κ3) is 4.30. The number of carbonyl (C=O) groups excluding carboxylic acids is 2. The fourth-order valence-corrected chi connectivity index (χ4v) is 3.02. The molecule has 13 heteroatoms. The van der Waals surface area contributed by atoms with Gasteiger partial charge in [0.2, 0.25) is 5.95 Å². The molecule has 4 aromatic rings. The maximum absolute atomic E-state index is 12.1. The molecule has 164 valence electrons. The molecule has 0 spiro atoms. The summed E-state index contributed by atoms with van der Waals surface area (Å²) in [5, 5.41) is 10.6. The highest BCUT2D eigenvalue weighted by molar-refractivity contribution is 6.39. The fraction of sp³-hybridized carbons (Fsp3) is 0.211. The largest absolute Gasteiger partial charge is 0.496 e. The summed E-state index contributed by atoms with van der Waals surface area (Å²) < 4.78 is 8.42. The molecule has 4 rings (SSSR count). The van der Waals surface area contributed by atoms with Gasteiger partial charge in [0.15, 0.2) is 5.65 Å². The van der Waals surface area contributed by atoms with Crippen molar-refractivity contribution in [2.45, 2.75) is 20.4 Å². The van der Waals surface area contributed by atoms with Crippen molar-refractivity contribution in [2.75, 3.05) is 17.9 Å². The second-order valence-corrected chi connectivity index (χ2v) is 6.78. The highest BCUT2D eigenvalue weighted by Crippen LogP contribution is 2.24. The first kappa shape index (κ1) is 20.7. The van der Waals surface area contributed by atoms with E-state index < -0.39 is 11.8 Å². The normalized spacial score (nSPS) is 10.7. The van der Waals surface area contributed by atoms with Crippen LogP contribution in [-0.2, 0) is 16.1 Å². The topological polar surface area (TPSA) is 153 Å². The predicted octanol–water partition coefficient (Wildman–Crippen LogP) is 0.471. The summed E-state index contributed by atoms with van der Waals surface area (Å²) in [6.07, 6.45) is 4.85. The Kier molecular flexibility index (Phi) is 5.61. The van der Waals surface area contributed by atoms with Gasteiger partial charge < -0.3 is 4.74 Å². The lowest BCUT2D eigenvalue weighted by atomic mass is 10.1. The molecule has 0 aliphatic heterocycles. The number of aromatic nitrogens is 7. The van der Waals surface area contributed by atoms with Gasteiger partial charge in [0, 0.05) is 23.5 Å². The molecule has 0 saturated heterocycles. The number of methoxy groups -OCH3 is 1. The summed E-state index contributed by atoms with van der Waals surface area (Å²) >= 11 is 0. The zero-order chi connectivity index (χ0) is 22.7. The van der Waals surface area contributed by atoms with Crippen LogP contribution >= 0.6 is 0 Å². The molecule has 0 aromatic carbocycles. The average Bonchev–Trinajstić information content (AvgIpc) is 3.40. The number of hydrazine groups is 1. The number of fused-ring (bicyclic) bond motifs is 1. The Balaban J connectivity index is 1.34. The third-order valence-corrected chi connectivity index (χ3v) is 4.56. The number of anilines is 2. The van der Waals surface area contributed by atoms with Crippen LogP contribution in [0, 0.1) is 13.8 Å². The lowest BCUT2D eigenvalue weighted by Gasteiger charge is -2.11. The van der Waals surface area contributed by atoms with Crippen molar-refractivity contribution in [3.63, 3.8) is 0 Å². The molecule has 0 aliphatic carbocycles. The van der Waals surface area contributed by atoms with Gasteiger partial charge in [-0.1, -0.05) is 6.07 Å². The van der Waals surface area contributed by atoms with E-state index in [0.717, 1.165) is 22.6 Å². The van der Waals surface area contributed by atoms with E-state index in [1.165, 1.54) is 15.5 Å². The Bertz CT molecular complexity index is 1260. The monoisotopic (exact) mass is 436 g/mol. The van der Waals surface area contributed by atoms with Crippen molar-refractivity contribution in [3.8, 4) is 5.75 Å². The van der Waals surface area contributed by atoms with Crippen LogP contribution in [0.25, 0.3) is 5.65 Å². The van der Waals surface area contributed by atoms with Gasteiger partial charge in [-0.3, -0.25) is 30.7 Å². The number of carbonyl (C=O) groups is 2. The number of pyridine rings is 2. The summed E-state index contributed by atoms with van der Waals surface area (Å²) in [6.45, 7) is 4.14. The predicted molar refractivity (Wildman–Crippen MR) is 113 cm³/mol. The standard InChI is InChI=1S/C19H20N10O3/c1-11-8-20-13(12(2)15(11)32-3)9-28-10-21-18(26-28)23-16(30)17(31)24-25-19-22-14-6-4-5-7-29(14)27-19/h4-8,10H,9H2,1-3H3,(H,24,31)(H,25,27)(H,23,26,30). The number of hydrogen-bond acceptors (Lipinski definition) is 9. The van der Waals surface area contributed by atoms with Gasteiger partial charge >= 0.3 is 11.8 Å². The minimum Gasteiger partial charge on any atom is -0.496 e. The van der Waals surface area contributed by atoms with Crippen LogP contribution < -0.4 is 20.9 Å². The van der Waals surface area contributed by atoms with E-state index in [9.17, 15) is 9.59 Å². The van der Waals surface area contributed by atoms with E-state index in [4.69, 9.17) is 4.74 Å². The highest BCUT2D eigenvalue weighted by atomic mass is 16.5. The molecule has 3 N–H and O–H groups in total. The van der Waals surface area contributed by atoms with Crippen molar-refractivity contribution in [3.05, 3.63) is 53.7 Å². The number of ether oxygens (including phenoxy) is 1. The molecule has 4 aromatic heterocycles. The Hall–Kier alpha value is -4.55. The summed E-state index contributed by atoms with van der Waals surface area (Å²) in [7, 11) is 1.60. The van der Waals surface area contributed by atoms with E-state index in [0.29, 0.717) is 12.2 Å². The molecule has 0 unspecified atom stereocenters. The summed E-state index contributed by atoms with van der Waals surface area (Å²) in [4.78, 5) is 36.7. The first-order valence-electron chi connectivity index (χ1n) is 9.52. The van der Waals surface area contributed by atoms with Gasteiger partial charge in [-0.25, -0.2) is 14.2 Å². The molecule has 4 heterocycles. The van der Waals surface area contributed by atoms with Crippen molar-refractivity contribution in [2.24, 2.45) is 0 Å². The molecule has 0 aliphatic rings. The van der Waals surface area contributed by atoms with Crippen LogP contribution in [0.2, 0.25) is 0 Å². The van der Waals surface area contributed by atoms with Crippen LogP contribution in [0.3, 0.4) is 0 Å². The van der Waals surface area contributed by atoms with E-state index in [-0.39, 0.29) is 11.9 Å². The molecule has 0 radical (unpaired) electrons. The number of nitrogens with one attached hydrogen (secondary N) is 3. The Labute approximate surface area is 181 Å². The SMILES string of the molecule is COc1c(C)cnc(Cn2cnc(NC(=O)C(=O)NNc3nc4ccccn4n3)n2)c1C. The van der Waals surface area contributed by atoms with Crippen molar-refractivity contribution >= 4 is 29.4 Å². The Morgan fingerprint density at radius 1 is 1.09 bits per heavy atom. The van der Waals surface area contributed by atoms with Crippen LogP contribution in [0.5, 0.6) is 5.75 Å². The van der Waals surface area contributed by atoms with Gasteiger partial charge in [0.05, 0.1) is 19.3 Å². The molecule has 0 atom stereocenters. The molecule has 2 amide bonds. The Morgan fingerprint density at radius 2 is 1.94 bits per heavy atom. The van der Waals surface area contributed by atoms with Crippen LogP contribution in [-0.4, -0.2) is 53.3 Å². The van der Waals surface area contributed by atoms with Crippen LogP contribution in [0.1, 0.15) is 16.8 Å². The minimum atomic E-state index is -0.957. The van der Waals surface area contributed by atoms with Gasteiger partial charge in [0.25, 0.3) is 5.95 Å². The summed E-state index contributed by atoms with van der Waals surface area (Å²) in [5.74, 6) is -1.04. The zero-order valence-electron chi connectivity index (χ0n) is 17.5. The molecular formula is C19H20N10O3. The fourth-order valence-electron chi connectivity index (χ4n) is 3.02. The number of aryl methyl sites for hydroxylation is 1. The number of amides is 2. The number of nitrogens with zero attached hydrogens (tertiary/aromatic N) is 7. The highest BCUT2D eigenvalue weighted by Gasteiger charge is 2.17. The first-order valence-corrected chi connectivity index (χ1v) is 9.52. The van der Waals surface area contributed by atoms with Gasteiger partial charge in [-0.15, -0.1) is 10.2 Å².